The average Bonchev–Trinajstić information content (AvgIpc) is 3.24. The van der Waals surface area contributed by atoms with Crippen molar-refractivity contribution in [3.8, 4) is 11.5 Å². The van der Waals surface area contributed by atoms with Gasteiger partial charge in [-0.3, -0.25) is 19.3 Å². The summed E-state index contributed by atoms with van der Waals surface area (Å²) in [6.45, 7) is 1.46. The van der Waals surface area contributed by atoms with Gasteiger partial charge in [0.05, 0.1) is 35.8 Å². The number of rotatable bonds is 8. The van der Waals surface area contributed by atoms with Crippen LogP contribution >= 0.6 is 0 Å². The topological polar surface area (TPSA) is 116 Å². The standard InChI is InChI=1S/C32H27NO8/c1-19-6-15-26-27(16-19)30(36)33(29(26)35)23-11-7-21(8-12-23)31(37)40-18-28(34)20-9-13-24(14-10-20)41-32(38)22-4-3-5-25(17-22)39-2/h3-14,17,26-27H,15-16,18H2,1-2H3. The van der Waals surface area contributed by atoms with Crippen molar-refractivity contribution in [2.24, 2.45) is 11.8 Å². The van der Waals surface area contributed by atoms with Gasteiger partial charge in [0.2, 0.25) is 11.8 Å². The van der Waals surface area contributed by atoms with E-state index >= 15 is 0 Å². The fourth-order valence-electron chi connectivity index (χ4n) is 4.96. The predicted octanol–water partition coefficient (Wildman–Crippen LogP) is 4.80. The van der Waals surface area contributed by atoms with E-state index in [1.54, 1.807) is 24.3 Å². The van der Waals surface area contributed by atoms with Gasteiger partial charge in [-0.15, -0.1) is 0 Å². The molecule has 1 aliphatic carbocycles. The molecule has 1 fully saturated rings. The zero-order chi connectivity index (χ0) is 29.1. The number of benzene rings is 3. The zero-order valence-corrected chi connectivity index (χ0v) is 22.5. The molecular formula is C32H27NO8. The van der Waals surface area contributed by atoms with Crippen molar-refractivity contribution in [3.63, 3.8) is 0 Å². The highest BCUT2D eigenvalue weighted by molar-refractivity contribution is 6.22. The number of ether oxygens (including phenoxy) is 3. The summed E-state index contributed by atoms with van der Waals surface area (Å²) in [5, 5.41) is 0. The first-order valence-electron chi connectivity index (χ1n) is 13.1. The number of hydrogen-bond donors (Lipinski definition) is 0. The van der Waals surface area contributed by atoms with E-state index in [9.17, 15) is 24.0 Å². The lowest BCUT2D eigenvalue weighted by Crippen LogP contribution is -2.30. The third-order valence-corrected chi connectivity index (χ3v) is 7.21. The first-order valence-corrected chi connectivity index (χ1v) is 13.1. The molecular weight excluding hydrogens is 526 g/mol. The quantitative estimate of drug-likeness (QED) is 0.128. The van der Waals surface area contributed by atoms with E-state index in [-0.39, 0.29) is 40.5 Å². The molecule has 1 heterocycles. The van der Waals surface area contributed by atoms with Crippen molar-refractivity contribution in [1.29, 1.82) is 0 Å². The molecule has 3 aromatic carbocycles. The Balaban J connectivity index is 1.15. The third kappa shape index (κ3) is 5.79. The molecule has 0 N–H and O–H groups in total. The Morgan fingerprint density at radius 3 is 2.20 bits per heavy atom. The lowest BCUT2D eigenvalue weighted by molar-refractivity contribution is -0.122. The van der Waals surface area contributed by atoms with Gasteiger partial charge in [-0.1, -0.05) is 17.7 Å². The number of anilines is 1. The molecule has 208 valence electrons. The van der Waals surface area contributed by atoms with Crippen molar-refractivity contribution >= 4 is 35.2 Å². The number of carbonyl (C=O) groups excluding carboxylic acids is 5. The highest BCUT2D eigenvalue weighted by atomic mass is 16.5. The van der Waals surface area contributed by atoms with Crippen LogP contribution in [0.15, 0.2) is 84.4 Å². The zero-order valence-electron chi connectivity index (χ0n) is 22.5. The number of imide groups is 1. The molecule has 1 aliphatic heterocycles. The molecule has 0 radical (unpaired) electrons. The van der Waals surface area contributed by atoms with Crippen LogP contribution in [0.2, 0.25) is 0 Å². The molecule has 0 saturated carbocycles. The molecule has 2 atom stereocenters. The Bertz CT molecular complexity index is 1560. The van der Waals surface area contributed by atoms with Gasteiger partial charge in [0.25, 0.3) is 0 Å². The van der Waals surface area contributed by atoms with E-state index in [2.05, 4.69) is 0 Å². The van der Waals surface area contributed by atoms with Crippen LogP contribution in [-0.2, 0) is 14.3 Å². The molecule has 3 aromatic rings. The fourth-order valence-corrected chi connectivity index (χ4v) is 4.96. The molecule has 1 saturated heterocycles. The van der Waals surface area contributed by atoms with Crippen LogP contribution in [-0.4, -0.2) is 43.3 Å². The van der Waals surface area contributed by atoms with Gasteiger partial charge in [0.1, 0.15) is 11.5 Å². The minimum absolute atomic E-state index is 0.176. The van der Waals surface area contributed by atoms with Crippen LogP contribution in [0.4, 0.5) is 5.69 Å². The number of nitrogens with zero attached hydrogens (tertiary/aromatic N) is 1. The monoisotopic (exact) mass is 553 g/mol. The summed E-state index contributed by atoms with van der Waals surface area (Å²) in [5.41, 5.74) is 2.26. The lowest BCUT2D eigenvalue weighted by Gasteiger charge is -2.18. The number of esters is 2. The van der Waals surface area contributed by atoms with Crippen molar-refractivity contribution in [2.45, 2.75) is 19.8 Å². The maximum atomic E-state index is 12.9. The van der Waals surface area contributed by atoms with Gasteiger partial charge in [-0.2, -0.15) is 0 Å². The number of Topliss-reactive ketones (excluding diaryl/α,β-unsaturated/α-hetero) is 1. The van der Waals surface area contributed by atoms with Crippen LogP contribution < -0.4 is 14.4 Å². The highest BCUT2D eigenvalue weighted by Crippen LogP contribution is 2.39. The van der Waals surface area contributed by atoms with Gasteiger partial charge in [-0.25, -0.2) is 9.59 Å². The minimum atomic E-state index is -0.721. The number of allylic oxidation sites excluding steroid dienone is 2. The number of ketones is 1. The van der Waals surface area contributed by atoms with Crippen molar-refractivity contribution < 1.29 is 38.2 Å². The van der Waals surface area contributed by atoms with Crippen LogP contribution in [0.3, 0.4) is 0 Å². The first kappa shape index (κ1) is 27.5. The Morgan fingerprint density at radius 1 is 0.805 bits per heavy atom. The number of carbonyl (C=O) groups is 5. The van der Waals surface area contributed by atoms with Crippen LogP contribution in [0.1, 0.15) is 50.8 Å². The van der Waals surface area contributed by atoms with E-state index in [1.807, 2.05) is 13.0 Å². The summed E-state index contributed by atoms with van der Waals surface area (Å²) in [7, 11) is 1.50. The van der Waals surface area contributed by atoms with Crippen molar-refractivity contribution in [3.05, 3.63) is 101 Å². The molecule has 0 bridgehead atoms. The summed E-state index contributed by atoms with van der Waals surface area (Å²) >= 11 is 0. The molecule has 5 rings (SSSR count). The minimum Gasteiger partial charge on any atom is -0.497 e. The summed E-state index contributed by atoms with van der Waals surface area (Å²) in [6.07, 6.45) is 3.12. The van der Waals surface area contributed by atoms with Gasteiger partial charge >= 0.3 is 11.9 Å². The van der Waals surface area contributed by atoms with Crippen molar-refractivity contribution in [1.82, 2.24) is 0 Å². The second kappa shape index (κ2) is 11.6. The third-order valence-electron chi connectivity index (χ3n) is 7.21. The second-order valence-corrected chi connectivity index (χ2v) is 9.91. The molecule has 2 unspecified atom stereocenters. The first-order chi connectivity index (χ1) is 19.7. The van der Waals surface area contributed by atoms with Gasteiger partial charge < -0.3 is 14.2 Å². The fraction of sp³-hybridized carbons (Fsp3) is 0.219. The molecule has 41 heavy (non-hydrogen) atoms. The van der Waals surface area contributed by atoms with E-state index in [0.717, 1.165) is 5.57 Å². The highest BCUT2D eigenvalue weighted by Gasteiger charge is 2.48. The molecule has 2 amide bonds. The Kier molecular flexibility index (Phi) is 7.78. The maximum absolute atomic E-state index is 12.9. The van der Waals surface area contributed by atoms with E-state index in [0.29, 0.717) is 29.8 Å². The lowest BCUT2D eigenvalue weighted by atomic mass is 9.82. The van der Waals surface area contributed by atoms with Crippen LogP contribution in [0, 0.1) is 11.8 Å². The van der Waals surface area contributed by atoms with Gasteiger partial charge in [0.15, 0.2) is 12.4 Å². The summed E-state index contributed by atoms with van der Waals surface area (Å²) in [6, 6.07) is 18.4. The maximum Gasteiger partial charge on any atom is 0.343 e. The van der Waals surface area contributed by atoms with Gasteiger partial charge in [0, 0.05) is 5.56 Å². The number of hydrogen-bond acceptors (Lipinski definition) is 8. The van der Waals surface area contributed by atoms with E-state index < -0.39 is 24.3 Å². The van der Waals surface area contributed by atoms with Crippen LogP contribution in [0.5, 0.6) is 11.5 Å². The Labute approximate surface area is 236 Å². The Morgan fingerprint density at radius 2 is 1.49 bits per heavy atom. The number of fused-ring (bicyclic) bond motifs is 1. The summed E-state index contributed by atoms with van der Waals surface area (Å²) in [4.78, 5) is 64.5. The molecule has 0 spiro atoms. The second-order valence-electron chi connectivity index (χ2n) is 9.91. The SMILES string of the molecule is COc1cccc(C(=O)Oc2ccc(C(=O)COC(=O)c3ccc(N4C(=O)C5CC=C(C)CC5C4=O)cc3)cc2)c1. The largest absolute Gasteiger partial charge is 0.497 e. The molecule has 2 aliphatic rings. The van der Waals surface area contributed by atoms with Crippen LogP contribution in [0.25, 0.3) is 0 Å². The molecule has 0 aromatic heterocycles. The molecule has 9 heteroatoms. The van der Waals surface area contributed by atoms with E-state index in [1.165, 1.54) is 60.5 Å². The number of amides is 2. The molecule has 9 nitrogen and oxygen atoms in total. The van der Waals surface area contributed by atoms with Crippen molar-refractivity contribution in [2.75, 3.05) is 18.6 Å². The number of methoxy groups -OCH3 is 1. The smallest absolute Gasteiger partial charge is 0.343 e. The predicted molar refractivity (Wildman–Crippen MR) is 148 cm³/mol. The Hall–Kier alpha value is -5.05. The summed E-state index contributed by atoms with van der Waals surface area (Å²) < 4.78 is 15.6. The normalized spacial score (nSPS) is 17.9. The van der Waals surface area contributed by atoms with E-state index in [4.69, 9.17) is 14.2 Å². The summed E-state index contributed by atoms with van der Waals surface area (Å²) in [5.74, 6) is -2.14. The average molecular weight is 554 g/mol. The van der Waals surface area contributed by atoms with Gasteiger partial charge in [-0.05, 0) is 86.5 Å².